The number of furan rings is 1. The minimum absolute atomic E-state index is 0. The Morgan fingerprint density at radius 3 is 2.38 bits per heavy atom. The summed E-state index contributed by atoms with van der Waals surface area (Å²) in [7, 11) is 1.37. The summed E-state index contributed by atoms with van der Waals surface area (Å²) in [4.78, 5) is 12.2. The van der Waals surface area contributed by atoms with Gasteiger partial charge in [-0.15, -0.1) is 5.75 Å². The Morgan fingerprint density at radius 2 is 1.67 bits per heavy atom. The first-order valence-corrected chi connectivity index (χ1v) is 6.43. The molecule has 0 saturated carbocycles. The van der Waals surface area contributed by atoms with E-state index in [2.05, 4.69) is 0 Å². The van der Waals surface area contributed by atoms with Gasteiger partial charge in [0.1, 0.15) is 22.3 Å². The van der Waals surface area contributed by atoms with Gasteiger partial charge in [0, 0.05) is 5.39 Å². The molecule has 0 saturated heterocycles. The summed E-state index contributed by atoms with van der Waals surface area (Å²) >= 11 is 0. The normalized spacial score (nSPS) is 10.5. The van der Waals surface area contributed by atoms with Crippen molar-refractivity contribution in [2.45, 2.75) is 0 Å². The van der Waals surface area contributed by atoms with Crippen LogP contribution in [0.1, 0.15) is 0 Å². The molecule has 110 valence electrons. The monoisotopic (exact) mass is 342 g/mol. The summed E-state index contributed by atoms with van der Waals surface area (Å²) in [5, 5.41) is 24.3. The van der Waals surface area contributed by atoms with Gasteiger partial charge in [0.05, 0.1) is 12.5 Å². The van der Waals surface area contributed by atoms with Crippen molar-refractivity contribution in [3.05, 3.63) is 40.8 Å². The van der Waals surface area contributed by atoms with E-state index in [4.69, 9.17) is 13.6 Å². The molecule has 0 spiro atoms. The molecule has 24 heavy (non-hydrogen) atoms. The standard InChI is InChI=1S/C16H10O6.2Na/c1-20-13-5-9-12(6-10(13)18)21-15-8-3-2-7(17)4-11(8)22-16(19)14(9)15;;/h2-6,17-18H,1H3;;/q;2*+1/p-2. The van der Waals surface area contributed by atoms with E-state index in [1.807, 2.05) is 0 Å². The van der Waals surface area contributed by atoms with Crippen molar-refractivity contribution in [3.63, 3.8) is 0 Å². The molecule has 0 N–H and O–H groups in total. The van der Waals surface area contributed by atoms with Crippen LogP contribution in [0.15, 0.2) is 44.0 Å². The second-order valence-electron chi connectivity index (χ2n) is 4.85. The number of hydrogen-bond acceptors (Lipinski definition) is 6. The second kappa shape index (κ2) is 7.00. The van der Waals surface area contributed by atoms with Crippen molar-refractivity contribution in [2.75, 3.05) is 7.11 Å². The number of benzene rings is 2. The van der Waals surface area contributed by atoms with Gasteiger partial charge in [-0.3, -0.25) is 0 Å². The Labute approximate surface area is 179 Å². The van der Waals surface area contributed by atoms with Gasteiger partial charge in [-0.1, -0.05) is 11.8 Å². The average molecular weight is 342 g/mol. The zero-order valence-corrected chi connectivity index (χ0v) is 17.3. The van der Waals surface area contributed by atoms with E-state index in [1.54, 1.807) is 0 Å². The van der Waals surface area contributed by atoms with Crippen molar-refractivity contribution < 1.29 is 82.9 Å². The maximum Gasteiger partial charge on any atom is 1.00 e. The molecule has 0 aliphatic rings. The van der Waals surface area contributed by atoms with Crippen LogP contribution in [0.2, 0.25) is 0 Å². The molecule has 2 aromatic heterocycles. The van der Waals surface area contributed by atoms with Gasteiger partial charge in [-0.25, -0.2) is 4.79 Å². The predicted molar refractivity (Wildman–Crippen MR) is 75.2 cm³/mol. The molecule has 0 aliphatic heterocycles. The fourth-order valence-corrected chi connectivity index (χ4v) is 2.58. The molecule has 0 unspecified atom stereocenters. The zero-order valence-electron chi connectivity index (χ0n) is 13.3. The van der Waals surface area contributed by atoms with Crippen LogP contribution in [-0.2, 0) is 0 Å². The predicted octanol–water partition coefficient (Wildman–Crippen LogP) is -4.14. The molecule has 0 aliphatic carbocycles. The van der Waals surface area contributed by atoms with Crippen LogP contribution >= 0.6 is 0 Å². The largest absolute Gasteiger partial charge is 1.00 e. The van der Waals surface area contributed by atoms with Crippen LogP contribution in [-0.4, -0.2) is 7.11 Å². The maximum absolute atomic E-state index is 12.2. The molecule has 4 rings (SSSR count). The summed E-state index contributed by atoms with van der Waals surface area (Å²) in [5.41, 5.74) is 0.0756. The van der Waals surface area contributed by atoms with Gasteiger partial charge in [0.2, 0.25) is 0 Å². The van der Waals surface area contributed by atoms with Crippen molar-refractivity contribution >= 4 is 32.9 Å². The number of ether oxygens (including phenoxy) is 1. The summed E-state index contributed by atoms with van der Waals surface area (Å²) in [6.45, 7) is 0. The van der Waals surface area contributed by atoms with E-state index < -0.39 is 5.63 Å². The number of fused-ring (bicyclic) bond motifs is 5. The van der Waals surface area contributed by atoms with Crippen LogP contribution in [0, 0.1) is 0 Å². The van der Waals surface area contributed by atoms with Crippen LogP contribution in [0.5, 0.6) is 17.2 Å². The molecule has 0 fully saturated rings. The van der Waals surface area contributed by atoms with Crippen LogP contribution in [0.3, 0.4) is 0 Å². The molecule has 0 radical (unpaired) electrons. The third kappa shape index (κ3) is 2.83. The molecule has 0 amide bonds. The zero-order chi connectivity index (χ0) is 15.4. The van der Waals surface area contributed by atoms with E-state index in [9.17, 15) is 15.0 Å². The summed E-state index contributed by atoms with van der Waals surface area (Å²) in [6.07, 6.45) is 0. The molecule has 6 nitrogen and oxygen atoms in total. The number of hydrogen-bond donors (Lipinski definition) is 0. The number of rotatable bonds is 1. The third-order valence-electron chi connectivity index (χ3n) is 3.58. The van der Waals surface area contributed by atoms with Crippen LogP contribution in [0.4, 0.5) is 0 Å². The van der Waals surface area contributed by atoms with Crippen LogP contribution < -0.4 is 79.7 Å². The fraction of sp³-hybridized carbons (Fsp3) is 0.0625. The third-order valence-corrected chi connectivity index (χ3v) is 3.58. The van der Waals surface area contributed by atoms with Gasteiger partial charge >= 0.3 is 64.7 Å². The summed E-state index contributed by atoms with van der Waals surface area (Å²) in [6, 6.07) is 6.83. The van der Waals surface area contributed by atoms with Gasteiger partial charge in [0.15, 0.2) is 5.58 Å². The van der Waals surface area contributed by atoms with E-state index >= 15 is 0 Å². The molecule has 4 aromatic rings. The molecule has 8 heteroatoms. The Balaban J connectivity index is 0.00000104. The summed E-state index contributed by atoms with van der Waals surface area (Å²) < 4.78 is 15.8. The second-order valence-corrected chi connectivity index (χ2v) is 4.85. The van der Waals surface area contributed by atoms with Gasteiger partial charge < -0.3 is 23.8 Å². The Morgan fingerprint density at radius 1 is 0.958 bits per heavy atom. The van der Waals surface area contributed by atoms with Gasteiger partial charge in [0.25, 0.3) is 0 Å². The molecule has 2 heterocycles. The average Bonchev–Trinajstić information content (AvgIpc) is 2.84. The van der Waals surface area contributed by atoms with Crippen LogP contribution in [0.25, 0.3) is 32.9 Å². The van der Waals surface area contributed by atoms with Gasteiger partial charge in [-0.05, 0) is 24.3 Å². The van der Waals surface area contributed by atoms with Gasteiger partial charge in [-0.2, -0.15) is 0 Å². The molecular formula is C16H8Na2O6. The Hall–Kier alpha value is -1.15. The molecular weight excluding hydrogens is 334 g/mol. The van der Waals surface area contributed by atoms with E-state index in [0.29, 0.717) is 10.8 Å². The smallest absolute Gasteiger partial charge is 0.872 e. The molecule has 2 aromatic carbocycles. The first kappa shape index (κ1) is 19.2. The SMILES string of the molecule is COc1cc2c(cc1[O-])oc1c3ccc([O-])cc3oc(=O)c21.[Na+].[Na+]. The van der Waals surface area contributed by atoms with E-state index in [0.717, 1.165) is 0 Å². The van der Waals surface area contributed by atoms with E-state index in [1.165, 1.54) is 37.4 Å². The van der Waals surface area contributed by atoms with Crippen molar-refractivity contribution in [3.8, 4) is 17.2 Å². The Bertz CT molecular complexity index is 1110. The van der Waals surface area contributed by atoms with E-state index in [-0.39, 0.29) is 98.5 Å². The Kier molecular flexibility index (Phi) is 5.59. The molecule has 0 bridgehead atoms. The summed E-state index contributed by atoms with van der Waals surface area (Å²) in [5.74, 6) is -0.496. The fourth-order valence-electron chi connectivity index (χ4n) is 2.58. The van der Waals surface area contributed by atoms with Crippen molar-refractivity contribution in [1.29, 1.82) is 0 Å². The maximum atomic E-state index is 12.2. The first-order valence-electron chi connectivity index (χ1n) is 6.43. The number of methoxy groups -OCH3 is 1. The topological polar surface area (TPSA) is 98.7 Å². The first-order chi connectivity index (χ1) is 10.6. The van der Waals surface area contributed by atoms with Crippen molar-refractivity contribution in [1.82, 2.24) is 0 Å². The minimum Gasteiger partial charge on any atom is -0.872 e. The molecule has 0 atom stereocenters. The quantitative estimate of drug-likeness (QED) is 0.257. The minimum atomic E-state index is -0.632. The van der Waals surface area contributed by atoms with Crippen molar-refractivity contribution in [2.24, 2.45) is 0 Å².